The van der Waals surface area contributed by atoms with E-state index in [1.807, 2.05) is 0 Å². The predicted molar refractivity (Wildman–Crippen MR) is 94.9 cm³/mol. The molecule has 1 aliphatic heterocycles. The number of nitrogens with one attached hydrogen (secondary N) is 1. The third-order valence-corrected chi connectivity index (χ3v) is 4.66. The van der Waals surface area contributed by atoms with Crippen LogP contribution in [0.2, 0.25) is 0 Å². The maximum Gasteiger partial charge on any atom is 0.471 e. The van der Waals surface area contributed by atoms with Gasteiger partial charge in [0.25, 0.3) is 0 Å². The highest BCUT2D eigenvalue weighted by molar-refractivity contribution is 5.94. The van der Waals surface area contributed by atoms with Crippen LogP contribution in [0.15, 0.2) is 18.3 Å². The van der Waals surface area contributed by atoms with E-state index in [9.17, 15) is 35.9 Å². The molecule has 0 aliphatic carbocycles. The van der Waals surface area contributed by atoms with Gasteiger partial charge < -0.3 is 20.5 Å². The van der Waals surface area contributed by atoms with Gasteiger partial charge in [-0.05, 0) is 18.1 Å². The van der Waals surface area contributed by atoms with E-state index in [-0.39, 0.29) is 49.7 Å². The Morgan fingerprint density at radius 1 is 1.13 bits per heavy atom. The summed E-state index contributed by atoms with van der Waals surface area (Å²) in [6.45, 7) is 0.400. The normalized spacial score (nSPS) is 14.9. The number of amides is 2. The quantitative estimate of drug-likeness (QED) is 0.540. The molecule has 1 aromatic carbocycles. The summed E-state index contributed by atoms with van der Waals surface area (Å²) in [4.78, 5) is 28.8. The number of halogens is 6. The summed E-state index contributed by atoms with van der Waals surface area (Å²) in [5.41, 5.74) is 5.69. The number of nitrogens with zero attached hydrogens (tertiary/aromatic N) is 3. The second-order valence-corrected chi connectivity index (χ2v) is 7.03. The van der Waals surface area contributed by atoms with Crippen LogP contribution in [0.1, 0.15) is 17.8 Å². The molecule has 7 nitrogen and oxygen atoms in total. The molecule has 0 unspecified atom stereocenters. The first-order chi connectivity index (χ1) is 14.4. The molecular formula is C18H17F6N5O2. The summed E-state index contributed by atoms with van der Waals surface area (Å²) in [6, 6.07) is 0.206. The molecule has 0 saturated heterocycles. The fourth-order valence-electron chi connectivity index (χ4n) is 3.14. The molecular weight excluding hydrogens is 432 g/mol. The van der Waals surface area contributed by atoms with Crippen LogP contribution < -0.4 is 11.1 Å². The average molecular weight is 449 g/mol. The summed E-state index contributed by atoms with van der Waals surface area (Å²) >= 11 is 0. The Hall–Kier alpha value is -3.09. The van der Waals surface area contributed by atoms with Gasteiger partial charge in [0.15, 0.2) is 17.5 Å². The molecule has 168 valence electrons. The van der Waals surface area contributed by atoms with Crippen LogP contribution in [-0.2, 0) is 29.1 Å². The van der Waals surface area contributed by atoms with E-state index >= 15 is 0 Å². The Bertz CT molecular complexity index is 1010. The van der Waals surface area contributed by atoms with E-state index < -0.39 is 41.5 Å². The lowest BCUT2D eigenvalue weighted by Gasteiger charge is -2.28. The molecule has 1 aromatic heterocycles. The fourth-order valence-corrected chi connectivity index (χ4v) is 3.14. The van der Waals surface area contributed by atoms with Gasteiger partial charge in [-0.15, -0.1) is 0 Å². The number of benzene rings is 1. The van der Waals surface area contributed by atoms with Crippen molar-refractivity contribution in [1.82, 2.24) is 14.5 Å². The maximum absolute atomic E-state index is 13.7. The minimum atomic E-state index is -5.06. The summed E-state index contributed by atoms with van der Waals surface area (Å²) in [7, 11) is 0. The third kappa shape index (κ3) is 5.34. The SMILES string of the molecule is N[C@@H](CC(=O)N1CCn2cc(NC(=O)C(F)(F)F)nc2C1)Cc1cc(F)c(F)cc1F. The summed E-state index contributed by atoms with van der Waals surface area (Å²) < 4.78 is 78.6. The smallest absolute Gasteiger partial charge is 0.333 e. The van der Waals surface area contributed by atoms with Crippen LogP contribution in [0.5, 0.6) is 0 Å². The second kappa shape index (κ2) is 8.57. The number of fused-ring (bicyclic) bond motifs is 1. The van der Waals surface area contributed by atoms with Crippen LogP contribution in [0, 0.1) is 17.5 Å². The van der Waals surface area contributed by atoms with Crippen molar-refractivity contribution >= 4 is 17.6 Å². The maximum atomic E-state index is 13.7. The number of imidazole rings is 1. The van der Waals surface area contributed by atoms with Crippen molar-refractivity contribution in [3.05, 3.63) is 47.2 Å². The number of carbonyl (C=O) groups is 2. The molecule has 0 radical (unpaired) electrons. The van der Waals surface area contributed by atoms with Gasteiger partial charge in [-0.2, -0.15) is 13.2 Å². The first-order valence-corrected chi connectivity index (χ1v) is 9.05. The minimum absolute atomic E-state index is 0.0347. The van der Waals surface area contributed by atoms with Crippen molar-refractivity contribution in [3.8, 4) is 0 Å². The highest BCUT2D eigenvalue weighted by atomic mass is 19.4. The molecule has 0 bridgehead atoms. The minimum Gasteiger partial charge on any atom is -0.333 e. The fraction of sp³-hybridized carbons (Fsp3) is 0.389. The van der Waals surface area contributed by atoms with Crippen molar-refractivity contribution in [3.63, 3.8) is 0 Å². The number of nitrogens with two attached hydrogens (primary N) is 1. The summed E-state index contributed by atoms with van der Waals surface area (Å²) in [5.74, 6) is -6.16. The van der Waals surface area contributed by atoms with Gasteiger partial charge in [-0.3, -0.25) is 9.59 Å². The lowest BCUT2D eigenvalue weighted by atomic mass is 10.0. The highest BCUT2D eigenvalue weighted by Gasteiger charge is 2.39. The van der Waals surface area contributed by atoms with Gasteiger partial charge in [-0.25, -0.2) is 18.2 Å². The lowest BCUT2D eigenvalue weighted by Crippen LogP contribution is -2.41. The highest BCUT2D eigenvalue weighted by Crippen LogP contribution is 2.21. The number of anilines is 1. The van der Waals surface area contributed by atoms with Crippen molar-refractivity contribution in [2.24, 2.45) is 5.73 Å². The Labute approximate surface area is 171 Å². The van der Waals surface area contributed by atoms with Gasteiger partial charge in [0, 0.05) is 37.8 Å². The monoisotopic (exact) mass is 449 g/mol. The molecule has 3 rings (SSSR count). The van der Waals surface area contributed by atoms with Gasteiger partial charge in [0.1, 0.15) is 11.6 Å². The molecule has 2 heterocycles. The van der Waals surface area contributed by atoms with E-state index in [2.05, 4.69) is 4.98 Å². The molecule has 0 saturated carbocycles. The van der Waals surface area contributed by atoms with Gasteiger partial charge >= 0.3 is 12.1 Å². The van der Waals surface area contributed by atoms with Crippen LogP contribution >= 0.6 is 0 Å². The number of alkyl halides is 3. The van der Waals surface area contributed by atoms with E-state index in [1.165, 1.54) is 15.7 Å². The molecule has 13 heteroatoms. The first kappa shape index (κ1) is 22.6. The van der Waals surface area contributed by atoms with Gasteiger partial charge in [-0.1, -0.05) is 0 Å². The molecule has 1 atom stereocenters. The van der Waals surface area contributed by atoms with Crippen LogP contribution in [0.3, 0.4) is 0 Å². The van der Waals surface area contributed by atoms with Gasteiger partial charge in [0.05, 0.1) is 6.54 Å². The van der Waals surface area contributed by atoms with Gasteiger partial charge in [0.2, 0.25) is 5.91 Å². The van der Waals surface area contributed by atoms with E-state index in [4.69, 9.17) is 5.73 Å². The number of hydrogen-bond acceptors (Lipinski definition) is 4. The van der Waals surface area contributed by atoms with Crippen LogP contribution in [0.25, 0.3) is 0 Å². The predicted octanol–water partition coefficient (Wildman–Crippen LogP) is 2.10. The Kier molecular flexibility index (Phi) is 6.25. The zero-order valence-corrected chi connectivity index (χ0v) is 15.8. The summed E-state index contributed by atoms with van der Waals surface area (Å²) in [6.07, 6.45) is -4.25. The average Bonchev–Trinajstić information content (AvgIpc) is 3.06. The van der Waals surface area contributed by atoms with E-state index in [1.54, 1.807) is 5.32 Å². The molecule has 0 spiro atoms. The van der Waals surface area contributed by atoms with Crippen molar-refractivity contribution < 1.29 is 35.9 Å². The topological polar surface area (TPSA) is 93.3 Å². The van der Waals surface area contributed by atoms with Crippen molar-refractivity contribution in [2.45, 2.75) is 38.1 Å². The lowest BCUT2D eigenvalue weighted by molar-refractivity contribution is -0.167. The Morgan fingerprint density at radius 2 is 1.81 bits per heavy atom. The molecule has 0 fully saturated rings. The van der Waals surface area contributed by atoms with E-state index in [0.29, 0.717) is 12.1 Å². The van der Waals surface area contributed by atoms with Crippen molar-refractivity contribution in [1.29, 1.82) is 0 Å². The zero-order valence-electron chi connectivity index (χ0n) is 15.8. The number of hydrogen-bond donors (Lipinski definition) is 2. The Balaban J connectivity index is 1.59. The largest absolute Gasteiger partial charge is 0.471 e. The molecule has 2 amide bonds. The molecule has 3 N–H and O–H groups in total. The molecule has 31 heavy (non-hydrogen) atoms. The number of aromatic nitrogens is 2. The Morgan fingerprint density at radius 3 is 2.48 bits per heavy atom. The van der Waals surface area contributed by atoms with E-state index in [0.717, 1.165) is 0 Å². The number of rotatable bonds is 5. The number of carbonyl (C=O) groups excluding carboxylic acids is 2. The second-order valence-electron chi connectivity index (χ2n) is 7.03. The van der Waals surface area contributed by atoms with Crippen molar-refractivity contribution in [2.75, 3.05) is 11.9 Å². The van der Waals surface area contributed by atoms with Crippen LogP contribution in [0.4, 0.5) is 32.2 Å². The standard InChI is InChI=1S/C18H17F6N5O2/c19-11-6-13(21)12(20)4-9(11)3-10(25)5-16(30)29-2-1-28-7-14(26-15(28)8-29)27-17(31)18(22,23)24/h4,6-7,10H,1-3,5,8,25H2,(H,27,31)/t10-/m1/s1. The first-order valence-electron chi connectivity index (χ1n) is 9.05. The molecule has 2 aromatic rings. The zero-order chi connectivity index (χ0) is 22.9. The van der Waals surface area contributed by atoms with Crippen LogP contribution in [-0.4, -0.2) is 45.0 Å². The third-order valence-electron chi connectivity index (χ3n) is 4.66. The summed E-state index contributed by atoms with van der Waals surface area (Å²) in [5, 5.41) is 1.64. The molecule has 1 aliphatic rings.